The van der Waals surface area contributed by atoms with Gasteiger partial charge in [-0.3, -0.25) is 9.59 Å². The van der Waals surface area contributed by atoms with Crippen molar-refractivity contribution in [2.75, 3.05) is 18.5 Å². The molecule has 3 N–H and O–H groups in total. The summed E-state index contributed by atoms with van der Waals surface area (Å²) in [6.45, 7) is 5.40. The van der Waals surface area contributed by atoms with Gasteiger partial charge in [0.05, 0.1) is 17.0 Å². The SMILES string of the molecule is CC(C)(C)OC(=O)NCCOc1ccc(Cl)cc1C(=O)N[C@@H](Cc1ccccc1)C(=O)Nc1ccc2c(c1)S(=O)(=O)C=C2. The molecule has 12 heteroatoms. The molecule has 0 saturated heterocycles. The Kier molecular flexibility index (Phi) is 9.77. The highest BCUT2D eigenvalue weighted by atomic mass is 35.5. The Morgan fingerprint density at radius 3 is 2.44 bits per heavy atom. The molecule has 1 heterocycles. The number of halogens is 1. The van der Waals surface area contributed by atoms with Crippen molar-refractivity contribution in [3.05, 3.63) is 93.9 Å². The second kappa shape index (κ2) is 13.3. The minimum absolute atomic E-state index is 0.0329. The van der Waals surface area contributed by atoms with Crippen molar-refractivity contribution in [2.45, 2.75) is 43.7 Å². The molecule has 1 atom stereocenters. The molecule has 1 aliphatic rings. The van der Waals surface area contributed by atoms with Gasteiger partial charge in [0.1, 0.15) is 24.0 Å². The van der Waals surface area contributed by atoms with Crippen LogP contribution >= 0.6 is 11.6 Å². The van der Waals surface area contributed by atoms with Crippen molar-refractivity contribution in [1.29, 1.82) is 0 Å². The molecule has 0 radical (unpaired) electrons. The van der Waals surface area contributed by atoms with E-state index in [2.05, 4.69) is 16.0 Å². The van der Waals surface area contributed by atoms with Crippen LogP contribution in [0.3, 0.4) is 0 Å². The van der Waals surface area contributed by atoms with E-state index in [0.29, 0.717) is 5.56 Å². The topological polar surface area (TPSA) is 140 Å². The first-order valence-corrected chi connectivity index (χ1v) is 15.4. The first-order valence-electron chi connectivity index (χ1n) is 13.4. The van der Waals surface area contributed by atoms with Crippen LogP contribution in [0.4, 0.5) is 10.5 Å². The molecule has 3 aromatic rings. The zero-order valence-electron chi connectivity index (χ0n) is 23.8. The number of benzene rings is 3. The average Bonchev–Trinajstić information content (AvgIpc) is 3.24. The van der Waals surface area contributed by atoms with Gasteiger partial charge in [-0.25, -0.2) is 13.2 Å². The van der Waals surface area contributed by atoms with Crippen LogP contribution in [0.15, 0.2) is 77.0 Å². The lowest BCUT2D eigenvalue weighted by Gasteiger charge is -2.21. The predicted molar refractivity (Wildman–Crippen MR) is 164 cm³/mol. The second-order valence-corrected chi connectivity index (χ2v) is 13.0. The number of nitrogens with one attached hydrogen (secondary N) is 3. The summed E-state index contributed by atoms with van der Waals surface area (Å²) in [7, 11) is -3.58. The number of rotatable bonds is 10. The fourth-order valence-corrected chi connectivity index (χ4v) is 5.59. The maximum Gasteiger partial charge on any atom is 0.407 e. The number of fused-ring (bicyclic) bond motifs is 1. The number of alkyl carbamates (subject to hydrolysis) is 1. The number of carbonyl (C=O) groups is 3. The van der Waals surface area contributed by atoms with Gasteiger partial charge < -0.3 is 25.4 Å². The van der Waals surface area contributed by atoms with Crippen molar-refractivity contribution in [3.63, 3.8) is 0 Å². The summed E-state index contributed by atoms with van der Waals surface area (Å²) in [6.07, 6.45) is 1.05. The van der Waals surface area contributed by atoms with Crippen molar-refractivity contribution in [3.8, 4) is 5.75 Å². The lowest BCUT2D eigenvalue weighted by atomic mass is 10.0. The van der Waals surface area contributed by atoms with Gasteiger partial charge in [-0.2, -0.15) is 0 Å². The van der Waals surface area contributed by atoms with E-state index in [1.807, 2.05) is 30.3 Å². The molecule has 0 aromatic heterocycles. The lowest BCUT2D eigenvalue weighted by molar-refractivity contribution is -0.118. The third-order valence-corrected chi connectivity index (χ3v) is 7.83. The van der Waals surface area contributed by atoms with Crippen molar-refractivity contribution < 1.29 is 32.3 Å². The predicted octanol–water partition coefficient (Wildman–Crippen LogP) is 4.98. The Bertz CT molecular complexity index is 1650. The molecule has 4 rings (SSSR count). The molecule has 0 aliphatic carbocycles. The van der Waals surface area contributed by atoms with Crippen LogP contribution in [-0.2, 0) is 25.8 Å². The summed E-state index contributed by atoms with van der Waals surface area (Å²) in [6, 6.07) is 17.2. The average molecular weight is 626 g/mol. The van der Waals surface area contributed by atoms with E-state index in [9.17, 15) is 22.8 Å². The minimum Gasteiger partial charge on any atom is -0.491 e. The fourth-order valence-electron chi connectivity index (χ4n) is 4.19. The van der Waals surface area contributed by atoms with Crippen LogP contribution in [0.25, 0.3) is 6.08 Å². The monoisotopic (exact) mass is 625 g/mol. The highest BCUT2D eigenvalue weighted by Gasteiger charge is 2.26. The molecule has 43 heavy (non-hydrogen) atoms. The Hall–Kier alpha value is -4.35. The first-order chi connectivity index (χ1) is 20.3. The van der Waals surface area contributed by atoms with E-state index < -0.39 is 39.4 Å². The maximum absolute atomic E-state index is 13.5. The van der Waals surface area contributed by atoms with E-state index in [0.717, 1.165) is 11.0 Å². The second-order valence-electron chi connectivity index (χ2n) is 10.7. The quantitative estimate of drug-likeness (QED) is 0.270. The van der Waals surface area contributed by atoms with Crippen LogP contribution < -0.4 is 20.7 Å². The number of amides is 3. The normalized spacial score (nSPS) is 13.9. The number of sulfone groups is 1. The van der Waals surface area contributed by atoms with Crippen molar-refractivity contribution >= 4 is 51.1 Å². The molecule has 0 fully saturated rings. The van der Waals surface area contributed by atoms with E-state index in [-0.39, 0.29) is 46.5 Å². The Morgan fingerprint density at radius 1 is 0.977 bits per heavy atom. The van der Waals surface area contributed by atoms with Gasteiger partial charge in [-0.05, 0) is 68.3 Å². The summed E-state index contributed by atoms with van der Waals surface area (Å²) in [5.74, 6) is -0.968. The minimum atomic E-state index is -3.58. The molecular formula is C31H32ClN3O7S. The van der Waals surface area contributed by atoms with Crippen LogP contribution in [0.1, 0.15) is 42.3 Å². The van der Waals surface area contributed by atoms with E-state index in [1.165, 1.54) is 24.3 Å². The van der Waals surface area contributed by atoms with E-state index in [1.54, 1.807) is 39.0 Å². The molecule has 1 aliphatic heterocycles. The molecular weight excluding hydrogens is 594 g/mol. The molecule has 0 spiro atoms. The third kappa shape index (κ3) is 8.82. The van der Waals surface area contributed by atoms with Gasteiger partial charge in [0.15, 0.2) is 0 Å². The number of ether oxygens (including phenoxy) is 2. The smallest absolute Gasteiger partial charge is 0.407 e. The van der Waals surface area contributed by atoms with Gasteiger partial charge in [-0.15, -0.1) is 0 Å². The van der Waals surface area contributed by atoms with E-state index in [4.69, 9.17) is 21.1 Å². The van der Waals surface area contributed by atoms with Crippen LogP contribution in [0.2, 0.25) is 5.02 Å². The first kappa shape index (κ1) is 31.6. The molecule has 3 aromatic carbocycles. The molecule has 0 bridgehead atoms. The number of anilines is 1. The highest BCUT2D eigenvalue weighted by Crippen LogP contribution is 2.29. The fraction of sp³-hybridized carbons (Fsp3) is 0.258. The van der Waals surface area contributed by atoms with Gasteiger partial charge in [0, 0.05) is 22.5 Å². The summed E-state index contributed by atoms with van der Waals surface area (Å²) < 4.78 is 35.6. The molecule has 3 amide bonds. The highest BCUT2D eigenvalue weighted by molar-refractivity contribution is 7.94. The maximum atomic E-state index is 13.5. The Balaban J connectivity index is 1.49. The third-order valence-electron chi connectivity index (χ3n) is 6.13. The summed E-state index contributed by atoms with van der Waals surface area (Å²) >= 11 is 6.19. The molecule has 0 unspecified atom stereocenters. The van der Waals surface area contributed by atoms with Gasteiger partial charge in [0.25, 0.3) is 5.91 Å². The Labute approximate surface area is 255 Å². The summed E-state index contributed by atoms with van der Waals surface area (Å²) in [4.78, 5) is 39.0. The van der Waals surface area contributed by atoms with Crippen LogP contribution in [0, 0.1) is 0 Å². The van der Waals surface area contributed by atoms with Crippen molar-refractivity contribution in [1.82, 2.24) is 10.6 Å². The standard InChI is InChI=1S/C31H32ClN3O7S/c1-31(2,3)42-30(38)33-14-15-41-26-12-10-22(32)18-24(26)28(36)35-25(17-20-7-5-4-6-8-20)29(37)34-23-11-9-21-13-16-43(39,40)27(21)19-23/h4-13,16,18-19,25H,14-15,17H2,1-3H3,(H,33,38)(H,34,37)(H,35,36)/t25-/m0/s1. The van der Waals surface area contributed by atoms with Crippen molar-refractivity contribution in [2.24, 2.45) is 0 Å². The lowest BCUT2D eigenvalue weighted by Crippen LogP contribution is -2.45. The zero-order valence-corrected chi connectivity index (χ0v) is 25.4. The van der Waals surface area contributed by atoms with Gasteiger partial charge in [0.2, 0.25) is 15.7 Å². The summed E-state index contributed by atoms with van der Waals surface area (Å²) in [5, 5.41) is 9.46. The van der Waals surface area contributed by atoms with Gasteiger partial charge in [-0.1, -0.05) is 48.0 Å². The number of carbonyl (C=O) groups excluding carboxylic acids is 3. The molecule has 226 valence electrons. The largest absolute Gasteiger partial charge is 0.491 e. The van der Waals surface area contributed by atoms with Gasteiger partial charge >= 0.3 is 6.09 Å². The van der Waals surface area contributed by atoms with Crippen LogP contribution in [0.5, 0.6) is 5.75 Å². The molecule has 0 saturated carbocycles. The molecule has 10 nitrogen and oxygen atoms in total. The van der Waals surface area contributed by atoms with Crippen LogP contribution in [-0.4, -0.2) is 51.1 Å². The summed E-state index contributed by atoms with van der Waals surface area (Å²) in [5.41, 5.74) is 1.03. The Morgan fingerprint density at radius 2 is 1.72 bits per heavy atom. The number of hydrogen-bond donors (Lipinski definition) is 3. The zero-order chi connectivity index (χ0) is 31.2. The number of hydrogen-bond acceptors (Lipinski definition) is 7. The van der Waals surface area contributed by atoms with E-state index >= 15 is 0 Å².